The Labute approximate surface area is 132 Å². The van der Waals surface area contributed by atoms with Crippen LogP contribution in [0.5, 0.6) is 0 Å². The molecule has 0 aliphatic rings. The van der Waals surface area contributed by atoms with Crippen LogP contribution >= 0.6 is 0 Å². The summed E-state index contributed by atoms with van der Waals surface area (Å²) in [5.41, 5.74) is 2.01. The summed E-state index contributed by atoms with van der Waals surface area (Å²) >= 11 is 0. The fraction of sp³-hybridized carbons (Fsp3) is 0. The number of imidazole rings is 1. The van der Waals surface area contributed by atoms with E-state index in [4.69, 9.17) is 0 Å². The van der Waals surface area contributed by atoms with Crippen LogP contribution in [-0.4, -0.2) is 37.4 Å². The summed E-state index contributed by atoms with van der Waals surface area (Å²) in [6.45, 7) is 0. The van der Waals surface area contributed by atoms with Gasteiger partial charge in [0.15, 0.2) is 0 Å². The van der Waals surface area contributed by atoms with Crippen LogP contribution in [0.2, 0.25) is 0 Å². The minimum Gasteiger partial charge on any atom is -1.00 e. The molecule has 4 rings (SSSR count). The molecule has 0 saturated carbocycles. The molecule has 0 bridgehead atoms. The number of hydrogen-bond acceptors (Lipinski definition) is 2. The van der Waals surface area contributed by atoms with Crippen molar-refractivity contribution in [2.24, 2.45) is 0 Å². The summed E-state index contributed by atoms with van der Waals surface area (Å²) in [6.07, 6.45) is 7.45. The van der Waals surface area contributed by atoms with Gasteiger partial charge in [0.2, 0.25) is 0 Å². The van der Waals surface area contributed by atoms with Crippen LogP contribution in [0.25, 0.3) is 27.3 Å². The molecular formula is C14H8ClMgN3. The van der Waals surface area contributed by atoms with Gasteiger partial charge in [0.05, 0.1) is 11.2 Å². The minimum atomic E-state index is 0. The fourth-order valence-electron chi connectivity index (χ4n) is 2.33. The summed E-state index contributed by atoms with van der Waals surface area (Å²) in [5.74, 6) is 0. The van der Waals surface area contributed by atoms with Crippen molar-refractivity contribution in [3.8, 4) is 0 Å². The predicted octanol–water partition coefficient (Wildman–Crippen LogP) is -0.541. The quantitative estimate of drug-likeness (QED) is 0.246. The first kappa shape index (κ1) is 14.1. The molecule has 3 aromatic heterocycles. The van der Waals surface area contributed by atoms with Crippen LogP contribution in [0.3, 0.4) is 0 Å². The van der Waals surface area contributed by atoms with Gasteiger partial charge < -0.3 is 16.8 Å². The average molecular weight is 278 g/mol. The van der Waals surface area contributed by atoms with Gasteiger partial charge in [-0.25, -0.2) is 0 Å². The first-order chi connectivity index (χ1) is 8.45. The van der Waals surface area contributed by atoms with Crippen molar-refractivity contribution in [3.05, 3.63) is 55.1 Å². The van der Waals surface area contributed by atoms with Gasteiger partial charge in [-0.2, -0.15) is 0 Å². The molecule has 0 aliphatic carbocycles. The third-order valence-electron chi connectivity index (χ3n) is 3.07. The standard InChI is InChI=1S/C14H8N3.ClH.Mg/c1-2-4-12-10(3-1)11-5-6-15-9-13(11)17-8-7-16-14(12)17;;/h1-3,5-9H;1H;/q-1;;+2/p-1. The maximum atomic E-state index is 4.40. The van der Waals surface area contributed by atoms with Crippen molar-refractivity contribution < 1.29 is 12.4 Å². The van der Waals surface area contributed by atoms with Gasteiger partial charge in [-0.1, -0.05) is 5.39 Å². The Hall–Kier alpha value is -1.36. The summed E-state index contributed by atoms with van der Waals surface area (Å²) in [4.78, 5) is 8.59. The second-order valence-corrected chi connectivity index (χ2v) is 3.97. The van der Waals surface area contributed by atoms with Crippen molar-refractivity contribution in [2.75, 3.05) is 0 Å². The summed E-state index contributed by atoms with van der Waals surface area (Å²) in [6, 6.07) is 11.3. The molecule has 0 spiro atoms. The molecule has 0 aliphatic heterocycles. The Morgan fingerprint density at radius 1 is 1.11 bits per heavy atom. The molecule has 0 N–H and O–H groups in total. The first-order valence-electron chi connectivity index (χ1n) is 5.44. The molecule has 3 heterocycles. The fourth-order valence-corrected chi connectivity index (χ4v) is 2.33. The third-order valence-corrected chi connectivity index (χ3v) is 3.07. The SMILES string of the molecule is [Cl-].[Mg+2].[c-]1cccc2c1c1nccn1c1cnccc21. The van der Waals surface area contributed by atoms with E-state index in [1.165, 1.54) is 10.8 Å². The molecule has 0 fully saturated rings. The zero-order valence-electron chi connectivity index (χ0n) is 10.0. The van der Waals surface area contributed by atoms with E-state index in [0.717, 1.165) is 16.6 Å². The molecule has 5 heteroatoms. The number of nitrogens with zero attached hydrogens (tertiary/aromatic N) is 3. The Bertz CT molecular complexity index is 787. The Kier molecular flexibility index (Phi) is 3.94. The van der Waals surface area contributed by atoms with Crippen molar-refractivity contribution in [2.45, 2.75) is 0 Å². The van der Waals surface area contributed by atoms with Crippen molar-refractivity contribution in [1.29, 1.82) is 0 Å². The Morgan fingerprint density at radius 3 is 2.89 bits per heavy atom. The molecule has 0 amide bonds. The zero-order chi connectivity index (χ0) is 11.2. The van der Waals surface area contributed by atoms with Crippen LogP contribution < -0.4 is 12.4 Å². The third kappa shape index (κ3) is 1.96. The molecule has 4 aromatic rings. The van der Waals surface area contributed by atoms with Gasteiger partial charge in [-0.05, 0) is 11.5 Å². The van der Waals surface area contributed by atoms with Crippen LogP contribution in [0.15, 0.2) is 49.1 Å². The Balaban J connectivity index is 0.000000667. The number of benzene rings is 1. The summed E-state index contributed by atoms with van der Waals surface area (Å²) in [7, 11) is 0. The maximum Gasteiger partial charge on any atom is 2.00 e. The van der Waals surface area contributed by atoms with E-state index >= 15 is 0 Å². The molecular weight excluding hydrogens is 270 g/mol. The number of fused-ring (bicyclic) bond motifs is 6. The predicted molar refractivity (Wildman–Crippen MR) is 72.6 cm³/mol. The van der Waals surface area contributed by atoms with E-state index in [-0.39, 0.29) is 35.5 Å². The largest absolute Gasteiger partial charge is 2.00 e. The van der Waals surface area contributed by atoms with Gasteiger partial charge in [-0.15, -0.1) is 29.7 Å². The van der Waals surface area contributed by atoms with E-state index in [0.29, 0.717) is 0 Å². The molecule has 0 unspecified atom stereocenters. The summed E-state index contributed by atoms with van der Waals surface area (Å²) < 4.78 is 2.06. The molecule has 1 aromatic carbocycles. The van der Waals surface area contributed by atoms with Gasteiger partial charge >= 0.3 is 23.1 Å². The minimum absolute atomic E-state index is 0. The Morgan fingerprint density at radius 2 is 2.00 bits per heavy atom. The smallest absolute Gasteiger partial charge is 1.00 e. The van der Waals surface area contributed by atoms with Crippen molar-refractivity contribution in [3.63, 3.8) is 0 Å². The molecule has 0 saturated heterocycles. The number of hydrogen-bond donors (Lipinski definition) is 0. The van der Waals surface area contributed by atoms with Gasteiger partial charge in [0.25, 0.3) is 0 Å². The number of halogens is 1. The van der Waals surface area contributed by atoms with E-state index in [2.05, 4.69) is 26.5 Å². The second-order valence-electron chi connectivity index (χ2n) is 3.97. The summed E-state index contributed by atoms with van der Waals surface area (Å²) in [5, 5.41) is 3.40. The molecule has 88 valence electrons. The van der Waals surface area contributed by atoms with E-state index in [1.807, 2.05) is 43.0 Å². The molecule has 0 atom stereocenters. The second kappa shape index (κ2) is 5.33. The van der Waals surface area contributed by atoms with Gasteiger partial charge in [-0.3, -0.25) is 9.97 Å². The van der Waals surface area contributed by atoms with Gasteiger partial charge in [0.1, 0.15) is 0 Å². The van der Waals surface area contributed by atoms with Crippen LogP contribution in [-0.2, 0) is 0 Å². The van der Waals surface area contributed by atoms with Crippen molar-refractivity contribution >= 4 is 50.4 Å². The van der Waals surface area contributed by atoms with E-state index in [9.17, 15) is 0 Å². The number of rotatable bonds is 0. The normalized spacial score (nSPS) is 10.3. The van der Waals surface area contributed by atoms with Crippen LogP contribution in [0, 0.1) is 6.07 Å². The van der Waals surface area contributed by atoms with Crippen LogP contribution in [0.1, 0.15) is 0 Å². The molecule has 3 nitrogen and oxygen atoms in total. The average Bonchev–Trinajstić information content (AvgIpc) is 2.89. The van der Waals surface area contributed by atoms with Crippen molar-refractivity contribution in [1.82, 2.24) is 14.4 Å². The monoisotopic (exact) mass is 277 g/mol. The number of pyridine rings is 2. The van der Waals surface area contributed by atoms with Gasteiger partial charge in [0, 0.05) is 24.8 Å². The van der Waals surface area contributed by atoms with Crippen LogP contribution in [0.4, 0.5) is 0 Å². The van der Waals surface area contributed by atoms with E-state index < -0.39 is 0 Å². The molecule has 19 heavy (non-hydrogen) atoms. The maximum absolute atomic E-state index is 4.40. The topological polar surface area (TPSA) is 30.2 Å². The molecule has 0 radical (unpaired) electrons. The number of aromatic nitrogens is 3. The van der Waals surface area contributed by atoms with E-state index in [1.54, 1.807) is 0 Å². The zero-order valence-corrected chi connectivity index (χ0v) is 12.2. The first-order valence-corrected chi connectivity index (χ1v) is 5.44.